The quantitative estimate of drug-likeness (QED) is 0.177. The average Bonchev–Trinajstić information content (AvgIpc) is 3.72. The smallest absolute Gasteiger partial charge is 0.137 e. The van der Waals surface area contributed by atoms with E-state index in [4.69, 9.17) is 4.42 Å². The van der Waals surface area contributed by atoms with Crippen LogP contribution in [0.25, 0.3) is 76.9 Å². The predicted octanol–water partition coefficient (Wildman–Crippen LogP) is 15.0. The molecule has 0 N–H and O–H groups in total. The van der Waals surface area contributed by atoms with Gasteiger partial charge in [-0.15, -0.1) is 0 Å². The van der Waals surface area contributed by atoms with Gasteiger partial charge in [0.2, 0.25) is 0 Å². The zero-order chi connectivity index (χ0) is 36.7. The first-order chi connectivity index (χ1) is 27.0. The molecule has 0 unspecified atom stereocenters. The molecular formula is C53H37NO. The first-order valence-electron chi connectivity index (χ1n) is 19.1. The highest BCUT2D eigenvalue weighted by atomic mass is 16.3. The maximum atomic E-state index is 6.64. The molecule has 0 amide bonds. The Hall–Kier alpha value is -6.90. The molecule has 260 valence electrons. The molecule has 0 aliphatic heterocycles. The minimum atomic E-state index is -0.129. The van der Waals surface area contributed by atoms with Crippen LogP contribution in [-0.4, -0.2) is 0 Å². The van der Waals surface area contributed by atoms with E-state index in [1.807, 2.05) is 0 Å². The van der Waals surface area contributed by atoms with E-state index in [1.165, 1.54) is 66.1 Å². The van der Waals surface area contributed by atoms with Crippen molar-refractivity contribution in [1.29, 1.82) is 0 Å². The summed E-state index contributed by atoms with van der Waals surface area (Å²) in [5.41, 5.74) is 15.1. The molecule has 2 heteroatoms. The molecule has 0 spiro atoms. The van der Waals surface area contributed by atoms with Crippen LogP contribution in [-0.2, 0) is 5.41 Å². The summed E-state index contributed by atoms with van der Waals surface area (Å²) < 4.78 is 6.64. The summed E-state index contributed by atoms with van der Waals surface area (Å²) in [6.07, 6.45) is 0. The Bertz CT molecular complexity index is 3130. The molecular weight excluding hydrogens is 667 g/mol. The average molecular weight is 704 g/mol. The Morgan fingerprint density at radius 2 is 1.02 bits per heavy atom. The highest BCUT2D eigenvalue weighted by Crippen LogP contribution is 2.51. The van der Waals surface area contributed by atoms with Gasteiger partial charge in [-0.3, -0.25) is 0 Å². The minimum Gasteiger partial charge on any atom is -0.456 e. The molecule has 0 atom stereocenters. The highest BCUT2D eigenvalue weighted by Gasteiger charge is 2.35. The molecule has 10 aromatic rings. The molecule has 0 bridgehead atoms. The number of nitrogens with zero attached hydrogens (tertiary/aromatic N) is 1. The summed E-state index contributed by atoms with van der Waals surface area (Å²) in [5.74, 6) is 0. The topological polar surface area (TPSA) is 16.4 Å². The lowest BCUT2D eigenvalue weighted by molar-refractivity contribution is 0.660. The Balaban J connectivity index is 1.12. The fourth-order valence-electron chi connectivity index (χ4n) is 9.20. The van der Waals surface area contributed by atoms with Crippen molar-refractivity contribution in [3.05, 3.63) is 199 Å². The molecule has 0 saturated heterocycles. The van der Waals surface area contributed by atoms with Crippen molar-refractivity contribution >= 4 is 60.5 Å². The number of anilines is 3. The molecule has 1 aromatic heterocycles. The van der Waals surface area contributed by atoms with Crippen LogP contribution < -0.4 is 4.90 Å². The minimum absolute atomic E-state index is 0.129. The van der Waals surface area contributed by atoms with Crippen LogP contribution in [0.1, 0.15) is 25.0 Å². The lowest BCUT2D eigenvalue weighted by Gasteiger charge is -2.28. The molecule has 1 aliphatic rings. The largest absolute Gasteiger partial charge is 0.456 e. The Kier molecular flexibility index (Phi) is 6.93. The van der Waals surface area contributed by atoms with Crippen LogP contribution in [0.15, 0.2) is 192 Å². The molecule has 0 radical (unpaired) electrons. The van der Waals surface area contributed by atoms with Gasteiger partial charge in [0.15, 0.2) is 0 Å². The number of rotatable bonds is 5. The second-order valence-electron chi connectivity index (χ2n) is 15.3. The monoisotopic (exact) mass is 703 g/mol. The lowest BCUT2D eigenvalue weighted by atomic mass is 9.82. The summed E-state index contributed by atoms with van der Waals surface area (Å²) in [5, 5.41) is 7.19. The van der Waals surface area contributed by atoms with E-state index in [-0.39, 0.29) is 5.41 Å². The maximum Gasteiger partial charge on any atom is 0.137 e. The van der Waals surface area contributed by atoms with Gasteiger partial charge in [0.25, 0.3) is 0 Å². The first kappa shape index (κ1) is 31.6. The van der Waals surface area contributed by atoms with E-state index in [2.05, 4.69) is 207 Å². The molecule has 11 rings (SSSR count). The van der Waals surface area contributed by atoms with Gasteiger partial charge in [0.1, 0.15) is 11.2 Å². The lowest BCUT2D eigenvalue weighted by Crippen LogP contribution is -2.16. The summed E-state index contributed by atoms with van der Waals surface area (Å²) in [7, 11) is 0. The van der Waals surface area contributed by atoms with E-state index in [9.17, 15) is 0 Å². The van der Waals surface area contributed by atoms with Crippen LogP contribution in [0.4, 0.5) is 17.1 Å². The Labute approximate surface area is 320 Å². The maximum absolute atomic E-state index is 6.64. The Morgan fingerprint density at radius 1 is 0.382 bits per heavy atom. The van der Waals surface area contributed by atoms with E-state index >= 15 is 0 Å². The number of hydrogen-bond acceptors (Lipinski definition) is 2. The van der Waals surface area contributed by atoms with Gasteiger partial charge >= 0.3 is 0 Å². The van der Waals surface area contributed by atoms with Gasteiger partial charge in [-0.05, 0) is 109 Å². The standard InChI is InChI=1S/C53H37NO/c1-53(2)47-24-9-8-21-44(47)45-28-26-39(32-48(45)53)54(40-27-29-46-50(33-40)55-49-30-25-35-15-6-7-20-42(35)52(46)49)38-19-10-18-37(31-38)43-23-12-17-36-16-11-22-41(51(36)43)34-13-4-3-5-14-34/h3-33H,1-2H3. The molecule has 1 heterocycles. The van der Waals surface area contributed by atoms with Gasteiger partial charge in [0.05, 0.1) is 0 Å². The van der Waals surface area contributed by atoms with Crippen LogP contribution in [0, 0.1) is 0 Å². The van der Waals surface area contributed by atoms with E-state index in [0.717, 1.165) is 39.0 Å². The van der Waals surface area contributed by atoms with Crippen molar-refractivity contribution in [2.45, 2.75) is 19.3 Å². The van der Waals surface area contributed by atoms with Gasteiger partial charge < -0.3 is 9.32 Å². The van der Waals surface area contributed by atoms with Gasteiger partial charge in [0, 0.05) is 39.3 Å². The van der Waals surface area contributed by atoms with Crippen LogP contribution in [0.2, 0.25) is 0 Å². The normalized spacial score (nSPS) is 13.1. The van der Waals surface area contributed by atoms with Crippen LogP contribution >= 0.6 is 0 Å². The number of fused-ring (bicyclic) bond motifs is 9. The zero-order valence-electron chi connectivity index (χ0n) is 30.8. The zero-order valence-corrected chi connectivity index (χ0v) is 30.8. The number of hydrogen-bond donors (Lipinski definition) is 0. The number of furan rings is 1. The summed E-state index contributed by atoms with van der Waals surface area (Å²) >= 11 is 0. The second kappa shape index (κ2) is 12.1. The van der Waals surface area contributed by atoms with Gasteiger partial charge in [-0.2, -0.15) is 0 Å². The van der Waals surface area contributed by atoms with E-state index in [1.54, 1.807) is 0 Å². The van der Waals surface area contributed by atoms with Crippen molar-refractivity contribution in [3.63, 3.8) is 0 Å². The van der Waals surface area contributed by atoms with Crippen molar-refractivity contribution in [2.75, 3.05) is 4.90 Å². The third kappa shape index (κ3) is 4.88. The third-order valence-corrected chi connectivity index (χ3v) is 11.8. The third-order valence-electron chi connectivity index (χ3n) is 11.8. The molecule has 0 saturated carbocycles. The molecule has 9 aromatic carbocycles. The molecule has 0 fully saturated rings. The second-order valence-corrected chi connectivity index (χ2v) is 15.3. The molecule has 1 aliphatic carbocycles. The van der Waals surface area contributed by atoms with E-state index in [0.29, 0.717) is 0 Å². The summed E-state index contributed by atoms with van der Waals surface area (Å²) in [6.45, 7) is 4.70. The molecule has 2 nitrogen and oxygen atoms in total. The SMILES string of the molecule is CC1(C)c2ccccc2-c2ccc(N(c3cccc(-c4cccc5cccc(-c6ccccc6)c45)c3)c3ccc4c(c3)oc3ccc5ccccc5c34)cc21. The van der Waals surface area contributed by atoms with Crippen molar-refractivity contribution < 1.29 is 4.42 Å². The van der Waals surface area contributed by atoms with Gasteiger partial charge in [-0.1, -0.05) is 153 Å². The fourth-order valence-corrected chi connectivity index (χ4v) is 9.20. The number of benzene rings is 9. The van der Waals surface area contributed by atoms with Crippen molar-refractivity contribution in [3.8, 4) is 33.4 Å². The summed E-state index contributed by atoms with van der Waals surface area (Å²) in [6, 6.07) is 68.4. The van der Waals surface area contributed by atoms with Crippen molar-refractivity contribution in [2.24, 2.45) is 0 Å². The molecule has 55 heavy (non-hydrogen) atoms. The highest BCUT2D eigenvalue weighted by molar-refractivity contribution is 6.19. The van der Waals surface area contributed by atoms with Crippen molar-refractivity contribution in [1.82, 2.24) is 0 Å². The fraction of sp³-hybridized carbons (Fsp3) is 0.0566. The van der Waals surface area contributed by atoms with Crippen LogP contribution in [0.3, 0.4) is 0 Å². The van der Waals surface area contributed by atoms with Gasteiger partial charge in [-0.25, -0.2) is 0 Å². The van der Waals surface area contributed by atoms with Crippen LogP contribution in [0.5, 0.6) is 0 Å². The first-order valence-corrected chi connectivity index (χ1v) is 19.1. The summed E-state index contributed by atoms with van der Waals surface area (Å²) in [4.78, 5) is 2.40. The predicted molar refractivity (Wildman–Crippen MR) is 232 cm³/mol. The van der Waals surface area contributed by atoms with E-state index < -0.39 is 0 Å². The Morgan fingerprint density at radius 3 is 1.89 bits per heavy atom.